The second-order valence-corrected chi connectivity index (χ2v) is 22.1. The molecule has 0 amide bonds. The van der Waals surface area contributed by atoms with Crippen LogP contribution in [-0.4, -0.2) is 75.6 Å². The molecular formula is C62H113NO7P+. The summed E-state index contributed by atoms with van der Waals surface area (Å²) < 4.78 is 35.3. The van der Waals surface area contributed by atoms with Gasteiger partial charge in [0.15, 0.2) is 0 Å². The molecule has 0 bridgehead atoms. The molecule has 0 saturated carbocycles. The zero-order valence-electron chi connectivity index (χ0n) is 46.9. The van der Waals surface area contributed by atoms with E-state index in [0.717, 1.165) is 70.6 Å². The first-order valence-electron chi connectivity index (χ1n) is 29.3. The fraction of sp³-hybridized carbons (Fsp3) is 0.758. The molecule has 0 heterocycles. The number of phosphoric acid groups is 1. The van der Waals surface area contributed by atoms with E-state index >= 15 is 0 Å². The second kappa shape index (κ2) is 54.0. The molecule has 0 aromatic carbocycles. The van der Waals surface area contributed by atoms with E-state index in [-0.39, 0.29) is 25.8 Å². The van der Waals surface area contributed by atoms with Gasteiger partial charge in [0.1, 0.15) is 19.3 Å². The Labute approximate surface area is 439 Å². The Bertz CT molecular complexity index is 1410. The lowest BCUT2D eigenvalue weighted by Crippen LogP contribution is -2.37. The van der Waals surface area contributed by atoms with Crippen molar-refractivity contribution in [2.75, 3.05) is 54.1 Å². The highest BCUT2D eigenvalue weighted by atomic mass is 31.2. The van der Waals surface area contributed by atoms with Crippen LogP contribution >= 0.6 is 7.82 Å². The van der Waals surface area contributed by atoms with Crippen LogP contribution in [0.4, 0.5) is 0 Å². The number of rotatable bonds is 54. The summed E-state index contributed by atoms with van der Waals surface area (Å²) in [4.78, 5) is 23.1. The number of hydrogen-bond acceptors (Lipinski definition) is 6. The lowest BCUT2D eigenvalue weighted by molar-refractivity contribution is -0.870. The summed E-state index contributed by atoms with van der Waals surface area (Å²) in [6.07, 6.45) is 73.6. The van der Waals surface area contributed by atoms with E-state index in [1.165, 1.54) is 154 Å². The number of phosphoric ester groups is 1. The van der Waals surface area contributed by atoms with E-state index in [1.807, 2.05) is 21.1 Å². The normalized spacial score (nSPS) is 14.1. The van der Waals surface area contributed by atoms with Gasteiger partial charge in [-0.05, 0) is 89.9 Å². The Kier molecular flexibility index (Phi) is 52.2. The van der Waals surface area contributed by atoms with E-state index in [0.29, 0.717) is 24.1 Å². The summed E-state index contributed by atoms with van der Waals surface area (Å²) >= 11 is 0. The van der Waals surface area contributed by atoms with Crippen LogP contribution in [0.5, 0.6) is 0 Å². The molecule has 0 radical (unpaired) electrons. The van der Waals surface area contributed by atoms with Gasteiger partial charge in [0, 0.05) is 13.0 Å². The molecule has 0 spiro atoms. The average molecular weight is 1020 g/mol. The zero-order valence-corrected chi connectivity index (χ0v) is 47.8. The smallest absolute Gasteiger partial charge is 0.457 e. The van der Waals surface area contributed by atoms with Crippen molar-refractivity contribution < 1.29 is 37.3 Å². The van der Waals surface area contributed by atoms with Crippen LogP contribution in [0, 0.1) is 0 Å². The first kappa shape index (κ1) is 68.7. The molecule has 0 aliphatic heterocycles. The summed E-state index contributed by atoms with van der Waals surface area (Å²) in [5, 5.41) is 0. The van der Waals surface area contributed by atoms with E-state index in [4.69, 9.17) is 18.5 Å². The van der Waals surface area contributed by atoms with Gasteiger partial charge in [-0.25, -0.2) is 4.57 Å². The second-order valence-electron chi connectivity index (χ2n) is 20.6. The predicted molar refractivity (Wildman–Crippen MR) is 307 cm³/mol. The fourth-order valence-corrected chi connectivity index (χ4v) is 8.71. The molecule has 2 atom stereocenters. The minimum absolute atomic E-state index is 0.0840. The largest absolute Gasteiger partial charge is 0.472 e. The molecule has 8 nitrogen and oxygen atoms in total. The third-order valence-corrected chi connectivity index (χ3v) is 13.4. The summed E-state index contributed by atoms with van der Waals surface area (Å²) in [6, 6.07) is 0. The van der Waals surface area contributed by atoms with Crippen molar-refractivity contribution in [2.45, 2.75) is 251 Å². The Morgan fingerprint density at radius 2 is 0.817 bits per heavy atom. The number of carbonyl (C=O) groups excluding carboxylic acids is 1. The van der Waals surface area contributed by atoms with E-state index < -0.39 is 13.9 Å². The van der Waals surface area contributed by atoms with Crippen molar-refractivity contribution in [1.29, 1.82) is 0 Å². The quantitative estimate of drug-likeness (QED) is 0.0213. The van der Waals surface area contributed by atoms with E-state index in [9.17, 15) is 14.3 Å². The molecule has 0 saturated heterocycles. The third-order valence-electron chi connectivity index (χ3n) is 12.4. The Morgan fingerprint density at radius 1 is 0.451 bits per heavy atom. The summed E-state index contributed by atoms with van der Waals surface area (Å²) in [5.74, 6) is -0.318. The molecule has 71 heavy (non-hydrogen) atoms. The van der Waals surface area contributed by atoms with Gasteiger partial charge in [-0.3, -0.25) is 13.8 Å². The Balaban J connectivity index is 4.09. The summed E-state index contributed by atoms with van der Waals surface area (Å²) in [7, 11) is 1.66. The number of likely N-dealkylation sites (N-methyl/N-ethyl adjacent to an activating group) is 1. The van der Waals surface area contributed by atoms with Crippen LogP contribution in [-0.2, 0) is 27.9 Å². The van der Waals surface area contributed by atoms with E-state index in [1.54, 1.807) is 0 Å². The van der Waals surface area contributed by atoms with E-state index in [2.05, 4.69) is 98.9 Å². The number of esters is 1. The Morgan fingerprint density at radius 3 is 1.23 bits per heavy atom. The minimum Gasteiger partial charge on any atom is -0.457 e. The summed E-state index contributed by atoms with van der Waals surface area (Å²) in [5.41, 5.74) is 0. The number of nitrogens with zero attached hydrogens (tertiary/aromatic N) is 1. The van der Waals surface area contributed by atoms with Gasteiger partial charge in [-0.2, -0.15) is 0 Å². The topological polar surface area (TPSA) is 91.3 Å². The molecule has 1 N–H and O–H groups in total. The maximum Gasteiger partial charge on any atom is 0.472 e. The number of allylic oxidation sites excluding steroid dienone is 14. The highest BCUT2D eigenvalue weighted by molar-refractivity contribution is 7.47. The van der Waals surface area contributed by atoms with Crippen molar-refractivity contribution in [1.82, 2.24) is 0 Å². The van der Waals surface area contributed by atoms with Crippen LogP contribution < -0.4 is 0 Å². The van der Waals surface area contributed by atoms with Gasteiger partial charge in [-0.1, -0.05) is 234 Å². The van der Waals surface area contributed by atoms with Crippen LogP contribution in [0.3, 0.4) is 0 Å². The van der Waals surface area contributed by atoms with Gasteiger partial charge in [0.05, 0.1) is 34.4 Å². The molecule has 0 fully saturated rings. The maximum absolute atomic E-state index is 12.8. The molecule has 0 aliphatic carbocycles. The third kappa shape index (κ3) is 58.4. The van der Waals surface area contributed by atoms with Gasteiger partial charge in [0.2, 0.25) is 0 Å². The minimum atomic E-state index is -4.29. The molecular weight excluding hydrogens is 902 g/mol. The summed E-state index contributed by atoms with van der Waals surface area (Å²) in [6.45, 7) is 5.50. The van der Waals surface area contributed by atoms with Crippen molar-refractivity contribution in [2.24, 2.45) is 0 Å². The molecule has 0 aliphatic rings. The van der Waals surface area contributed by atoms with Crippen LogP contribution in [0.2, 0.25) is 0 Å². The van der Waals surface area contributed by atoms with Gasteiger partial charge in [-0.15, -0.1) is 0 Å². The number of quaternary nitrogens is 1. The highest BCUT2D eigenvalue weighted by Gasteiger charge is 2.26. The average Bonchev–Trinajstić information content (AvgIpc) is 3.33. The SMILES string of the molecule is CC/C=C\C/C=C\C/C=C\C/C=C\C/C=C\CCCCCCCCCCCCOCC(COP(=O)(O)OCC[N+](C)(C)C)OC(=O)CCCCCCCCCCCCC/C=C\C/C=C\CCCCCCC. The van der Waals surface area contributed by atoms with Gasteiger partial charge in [0.25, 0.3) is 0 Å². The fourth-order valence-electron chi connectivity index (χ4n) is 7.96. The van der Waals surface area contributed by atoms with Crippen molar-refractivity contribution in [3.05, 3.63) is 85.1 Å². The Hall–Kier alpha value is -2.32. The lowest BCUT2D eigenvalue weighted by atomic mass is 10.0. The van der Waals surface area contributed by atoms with Crippen LogP contribution in [0.25, 0.3) is 0 Å². The first-order chi connectivity index (χ1) is 34.6. The molecule has 0 aromatic heterocycles. The first-order valence-corrected chi connectivity index (χ1v) is 30.8. The van der Waals surface area contributed by atoms with Crippen molar-refractivity contribution in [3.63, 3.8) is 0 Å². The maximum atomic E-state index is 12.8. The molecule has 0 aromatic rings. The van der Waals surface area contributed by atoms with Gasteiger partial charge < -0.3 is 18.9 Å². The van der Waals surface area contributed by atoms with Crippen LogP contribution in [0.1, 0.15) is 245 Å². The standard InChI is InChI=1S/C62H112NO7P/c1-6-8-10-12-14-16-18-20-22-24-26-28-30-31-32-34-36-38-40-42-44-46-48-50-52-54-57-67-59-61(60-69-71(65,66)68-58-56-63(3,4)5)70-62(64)55-53-51-49-47-45-43-41-39-37-35-33-29-27-25-23-21-19-17-15-13-11-9-7-2/h8,10,14,16,19-22,25-28,31-32,61H,6-7,9,11-13,15,17-18,23-24,29-30,33-60H2,1-5H3/p+1/b10-8-,16-14-,21-19-,22-20-,27-25-,28-26-,32-31-. The molecule has 412 valence electrons. The number of hydrogen-bond donors (Lipinski definition) is 1. The number of ether oxygens (including phenoxy) is 2. The molecule has 9 heteroatoms. The zero-order chi connectivity index (χ0) is 51.9. The van der Waals surface area contributed by atoms with Gasteiger partial charge >= 0.3 is 13.8 Å². The van der Waals surface area contributed by atoms with Crippen molar-refractivity contribution >= 4 is 13.8 Å². The highest BCUT2D eigenvalue weighted by Crippen LogP contribution is 2.43. The number of unbranched alkanes of at least 4 members (excludes halogenated alkanes) is 26. The van der Waals surface area contributed by atoms with Crippen molar-refractivity contribution in [3.8, 4) is 0 Å². The number of carbonyl (C=O) groups is 1. The monoisotopic (exact) mass is 1010 g/mol. The lowest BCUT2D eigenvalue weighted by Gasteiger charge is -2.24. The van der Waals surface area contributed by atoms with Crippen LogP contribution in [0.15, 0.2) is 85.1 Å². The molecule has 0 rings (SSSR count). The predicted octanol–water partition coefficient (Wildman–Crippen LogP) is 18.7. The molecule has 2 unspecified atom stereocenters.